The molecule has 0 atom stereocenters. The maximum Gasteiger partial charge on any atom is 0.139 e. The number of fused-ring (bicyclic) bond motifs is 1. The Balaban J connectivity index is 2.01. The van der Waals surface area contributed by atoms with Gasteiger partial charge in [0.2, 0.25) is 0 Å². The van der Waals surface area contributed by atoms with Gasteiger partial charge in [-0.15, -0.1) is 0 Å². The summed E-state index contributed by atoms with van der Waals surface area (Å²) in [5.74, 6) is 1.05. The molecule has 1 aromatic heterocycles. The third-order valence-electron chi connectivity index (χ3n) is 3.61. The smallest absolute Gasteiger partial charge is 0.139 e. The zero-order valence-electron chi connectivity index (χ0n) is 10.6. The molecule has 0 unspecified atom stereocenters. The van der Waals surface area contributed by atoms with Crippen LogP contribution < -0.4 is 10.6 Å². The second kappa shape index (κ2) is 4.53. The number of hydrogen-bond acceptors (Lipinski definition) is 4. The first-order chi connectivity index (χ1) is 8.74. The minimum atomic E-state index is 0.344. The average Bonchev–Trinajstić information content (AvgIpc) is 2.38. The van der Waals surface area contributed by atoms with Crippen molar-refractivity contribution in [3.8, 4) is 0 Å². The standard InChI is InChI=1S/C14H18N4/c1-10-2-3-12-13(8-10)16-9-17-14(12)18-6-4-11(15)5-7-18/h2-3,8-9,11H,4-7,15H2,1H3. The van der Waals surface area contributed by atoms with E-state index in [1.807, 2.05) is 0 Å². The zero-order valence-corrected chi connectivity index (χ0v) is 10.6. The summed E-state index contributed by atoms with van der Waals surface area (Å²) in [7, 11) is 0. The van der Waals surface area contributed by atoms with Crippen LogP contribution in [0, 0.1) is 6.92 Å². The van der Waals surface area contributed by atoms with E-state index in [1.165, 1.54) is 5.56 Å². The number of rotatable bonds is 1. The molecule has 2 aromatic rings. The van der Waals surface area contributed by atoms with Crippen molar-refractivity contribution >= 4 is 16.7 Å². The van der Waals surface area contributed by atoms with Gasteiger partial charge in [0.1, 0.15) is 12.1 Å². The summed E-state index contributed by atoms with van der Waals surface area (Å²) >= 11 is 0. The third-order valence-corrected chi connectivity index (χ3v) is 3.61. The van der Waals surface area contributed by atoms with Crippen molar-refractivity contribution < 1.29 is 0 Å². The van der Waals surface area contributed by atoms with E-state index in [1.54, 1.807) is 6.33 Å². The fraction of sp³-hybridized carbons (Fsp3) is 0.429. The SMILES string of the molecule is Cc1ccc2c(N3CCC(N)CC3)ncnc2c1. The Morgan fingerprint density at radius 1 is 1.22 bits per heavy atom. The van der Waals surface area contributed by atoms with Crippen molar-refractivity contribution in [2.45, 2.75) is 25.8 Å². The van der Waals surface area contributed by atoms with E-state index < -0.39 is 0 Å². The fourth-order valence-electron chi connectivity index (χ4n) is 2.52. The van der Waals surface area contributed by atoms with Crippen molar-refractivity contribution in [3.63, 3.8) is 0 Å². The van der Waals surface area contributed by atoms with Crippen LogP contribution in [-0.2, 0) is 0 Å². The summed E-state index contributed by atoms with van der Waals surface area (Å²) < 4.78 is 0. The molecule has 1 aliphatic rings. The Morgan fingerprint density at radius 2 is 2.00 bits per heavy atom. The highest BCUT2D eigenvalue weighted by Gasteiger charge is 2.19. The molecule has 0 saturated carbocycles. The lowest BCUT2D eigenvalue weighted by molar-refractivity contribution is 0.499. The van der Waals surface area contributed by atoms with Crippen LogP contribution in [0.1, 0.15) is 18.4 Å². The normalized spacial score (nSPS) is 17.3. The minimum absolute atomic E-state index is 0.344. The Kier molecular flexibility index (Phi) is 2.88. The summed E-state index contributed by atoms with van der Waals surface area (Å²) in [5.41, 5.74) is 8.20. The molecule has 1 saturated heterocycles. The number of benzene rings is 1. The monoisotopic (exact) mass is 242 g/mol. The molecule has 0 aliphatic carbocycles. The Labute approximate surface area is 107 Å². The molecule has 2 heterocycles. The lowest BCUT2D eigenvalue weighted by Gasteiger charge is -2.31. The van der Waals surface area contributed by atoms with Gasteiger partial charge in [0.05, 0.1) is 5.52 Å². The first kappa shape index (κ1) is 11.4. The number of piperidine rings is 1. The minimum Gasteiger partial charge on any atom is -0.356 e. The van der Waals surface area contributed by atoms with E-state index in [-0.39, 0.29) is 0 Å². The Hall–Kier alpha value is -1.68. The van der Waals surface area contributed by atoms with Gasteiger partial charge >= 0.3 is 0 Å². The molecule has 94 valence electrons. The summed E-state index contributed by atoms with van der Waals surface area (Å²) in [6.45, 7) is 4.06. The van der Waals surface area contributed by atoms with Gasteiger partial charge in [0.15, 0.2) is 0 Å². The molecule has 0 spiro atoms. The summed E-state index contributed by atoms with van der Waals surface area (Å²) in [6.07, 6.45) is 3.74. The number of nitrogens with two attached hydrogens (primary N) is 1. The maximum absolute atomic E-state index is 5.95. The van der Waals surface area contributed by atoms with Crippen LogP contribution in [0.2, 0.25) is 0 Å². The molecule has 4 nitrogen and oxygen atoms in total. The molecule has 1 aliphatic heterocycles. The molecule has 0 amide bonds. The Morgan fingerprint density at radius 3 is 2.78 bits per heavy atom. The number of nitrogens with zero attached hydrogens (tertiary/aromatic N) is 3. The molecule has 0 radical (unpaired) electrons. The first-order valence-electron chi connectivity index (χ1n) is 6.46. The second-order valence-corrected chi connectivity index (χ2v) is 5.04. The highest BCUT2D eigenvalue weighted by molar-refractivity contribution is 5.89. The van der Waals surface area contributed by atoms with E-state index in [4.69, 9.17) is 5.73 Å². The van der Waals surface area contributed by atoms with Gasteiger partial charge in [-0.1, -0.05) is 6.07 Å². The van der Waals surface area contributed by atoms with E-state index in [0.29, 0.717) is 6.04 Å². The van der Waals surface area contributed by atoms with Gasteiger partial charge < -0.3 is 10.6 Å². The first-order valence-corrected chi connectivity index (χ1v) is 6.46. The molecule has 2 N–H and O–H groups in total. The van der Waals surface area contributed by atoms with Crippen molar-refractivity contribution in [1.82, 2.24) is 9.97 Å². The van der Waals surface area contributed by atoms with Crippen LogP contribution in [-0.4, -0.2) is 29.1 Å². The number of anilines is 1. The number of aromatic nitrogens is 2. The van der Waals surface area contributed by atoms with Crippen molar-refractivity contribution in [3.05, 3.63) is 30.1 Å². The molecule has 18 heavy (non-hydrogen) atoms. The fourth-order valence-corrected chi connectivity index (χ4v) is 2.52. The van der Waals surface area contributed by atoms with Crippen molar-refractivity contribution in [2.75, 3.05) is 18.0 Å². The van der Waals surface area contributed by atoms with Gasteiger partial charge in [-0.2, -0.15) is 0 Å². The van der Waals surface area contributed by atoms with Crippen LogP contribution >= 0.6 is 0 Å². The predicted molar refractivity (Wildman–Crippen MR) is 73.7 cm³/mol. The van der Waals surface area contributed by atoms with Gasteiger partial charge in [-0.3, -0.25) is 0 Å². The van der Waals surface area contributed by atoms with Crippen LogP contribution in [0.25, 0.3) is 10.9 Å². The number of aryl methyl sites for hydroxylation is 1. The average molecular weight is 242 g/mol. The van der Waals surface area contributed by atoms with E-state index in [9.17, 15) is 0 Å². The highest BCUT2D eigenvalue weighted by Crippen LogP contribution is 2.25. The lowest BCUT2D eigenvalue weighted by Crippen LogP contribution is -2.40. The molecule has 1 fully saturated rings. The number of hydrogen-bond donors (Lipinski definition) is 1. The van der Waals surface area contributed by atoms with Crippen LogP contribution in [0.5, 0.6) is 0 Å². The van der Waals surface area contributed by atoms with Crippen molar-refractivity contribution in [2.24, 2.45) is 5.73 Å². The van der Waals surface area contributed by atoms with Crippen LogP contribution in [0.4, 0.5) is 5.82 Å². The van der Waals surface area contributed by atoms with E-state index >= 15 is 0 Å². The summed E-state index contributed by atoms with van der Waals surface area (Å²) in [6, 6.07) is 6.69. The predicted octanol–water partition coefficient (Wildman–Crippen LogP) is 1.87. The molecular formula is C14H18N4. The lowest BCUT2D eigenvalue weighted by atomic mass is 10.1. The summed E-state index contributed by atoms with van der Waals surface area (Å²) in [5, 5.41) is 1.14. The molecular weight excluding hydrogens is 224 g/mol. The Bertz CT molecular complexity index is 559. The van der Waals surface area contributed by atoms with Gasteiger partial charge in [0, 0.05) is 24.5 Å². The quantitative estimate of drug-likeness (QED) is 0.829. The second-order valence-electron chi connectivity index (χ2n) is 5.04. The molecule has 0 bridgehead atoms. The molecule has 3 rings (SSSR count). The van der Waals surface area contributed by atoms with Gasteiger partial charge in [-0.25, -0.2) is 9.97 Å². The largest absolute Gasteiger partial charge is 0.356 e. The van der Waals surface area contributed by atoms with E-state index in [2.05, 4.69) is 40.0 Å². The van der Waals surface area contributed by atoms with Gasteiger partial charge in [-0.05, 0) is 37.5 Å². The molecule has 4 heteroatoms. The highest BCUT2D eigenvalue weighted by atomic mass is 15.2. The third kappa shape index (κ3) is 2.04. The maximum atomic E-state index is 5.95. The van der Waals surface area contributed by atoms with Crippen LogP contribution in [0.15, 0.2) is 24.5 Å². The molecule has 1 aromatic carbocycles. The van der Waals surface area contributed by atoms with Crippen molar-refractivity contribution in [1.29, 1.82) is 0 Å². The topological polar surface area (TPSA) is 55.0 Å². The van der Waals surface area contributed by atoms with Crippen LogP contribution in [0.3, 0.4) is 0 Å². The van der Waals surface area contributed by atoms with Gasteiger partial charge in [0.25, 0.3) is 0 Å². The van der Waals surface area contributed by atoms with E-state index in [0.717, 1.165) is 42.7 Å². The zero-order chi connectivity index (χ0) is 12.5. The summed E-state index contributed by atoms with van der Waals surface area (Å²) in [4.78, 5) is 11.1.